The van der Waals surface area contributed by atoms with Gasteiger partial charge < -0.3 is 10.2 Å². The number of likely N-dealkylation sites (N-methyl/N-ethyl adjacent to an activating group) is 2. The van der Waals surface area contributed by atoms with Crippen LogP contribution in [0.25, 0.3) is 0 Å². The van der Waals surface area contributed by atoms with E-state index in [1.807, 2.05) is 6.92 Å². The van der Waals surface area contributed by atoms with E-state index in [0.717, 1.165) is 21.2 Å². The van der Waals surface area contributed by atoms with Gasteiger partial charge in [-0.2, -0.15) is 4.31 Å². The number of anilines is 1. The van der Waals surface area contributed by atoms with Gasteiger partial charge in [0, 0.05) is 24.3 Å². The third kappa shape index (κ3) is 5.54. The molecule has 0 fully saturated rings. The quantitative estimate of drug-likeness (QED) is 0.679. The highest BCUT2D eigenvalue weighted by atomic mass is 35.5. The average molecular weight is 444 g/mol. The predicted octanol–water partition coefficient (Wildman–Crippen LogP) is 2.82. The SMILES string of the molecule is CCN(CC(=O)Nc1cc(Cl)ccc1C)C(=O)CN(C)S(=O)(=O)c1cccs1. The van der Waals surface area contributed by atoms with Crippen molar-refractivity contribution < 1.29 is 18.0 Å². The number of nitrogens with zero attached hydrogens (tertiary/aromatic N) is 2. The van der Waals surface area contributed by atoms with Crippen LogP contribution in [0.1, 0.15) is 12.5 Å². The Morgan fingerprint density at radius 3 is 2.54 bits per heavy atom. The number of rotatable bonds is 8. The Balaban J connectivity index is 2.01. The van der Waals surface area contributed by atoms with Crippen molar-refractivity contribution in [2.45, 2.75) is 18.1 Å². The minimum Gasteiger partial charge on any atom is -0.333 e. The number of carbonyl (C=O) groups excluding carboxylic acids is 2. The van der Waals surface area contributed by atoms with Crippen LogP contribution in [-0.2, 0) is 19.6 Å². The van der Waals surface area contributed by atoms with Crippen LogP contribution < -0.4 is 5.32 Å². The second kappa shape index (κ2) is 9.51. The topological polar surface area (TPSA) is 86.8 Å². The van der Waals surface area contributed by atoms with E-state index in [-0.39, 0.29) is 29.8 Å². The molecule has 0 aliphatic carbocycles. The fraction of sp³-hybridized carbons (Fsp3) is 0.333. The maximum absolute atomic E-state index is 12.5. The molecular weight excluding hydrogens is 422 g/mol. The number of carbonyl (C=O) groups is 2. The highest BCUT2D eigenvalue weighted by Gasteiger charge is 2.26. The molecule has 0 aliphatic rings. The van der Waals surface area contributed by atoms with Gasteiger partial charge in [0.15, 0.2) is 0 Å². The number of hydrogen-bond acceptors (Lipinski definition) is 5. The third-order valence-electron chi connectivity index (χ3n) is 4.06. The van der Waals surface area contributed by atoms with Crippen LogP contribution in [0, 0.1) is 6.92 Å². The summed E-state index contributed by atoms with van der Waals surface area (Å²) < 4.78 is 26.0. The summed E-state index contributed by atoms with van der Waals surface area (Å²) in [7, 11) is -2.39. The molecule has 0 unspecified atom stereocenters. The van der Waals surface area contributed by atoms with E-state index in [9.17, 15) is 18.0 Å². The molecule has 0 saturated heterocycles. The van der Waals surface area contributed by atoms with Crippen molar-refractivity contribution >= 4 is 50.5 Å². The van der Waals surface area contributed by atoms with Crippen LogP contribution in [-0.4, -0.2) is 56.1 Å². The molecule has 1 N–H and O–H groups in total. The van der Waals surface area contributed by atoms with Crippen molar-refractivity contribution in [3.05, 3.63) is 46.3 Å². The lowest BCUT2D eigenvalue weighted by atomic mass is 10.2. The first-order chi connectivity index (χ1) is 13.1. The van der Waals surface area contributed by atoms with Gasteiger partial charge in [-0.25, -0.2) is 8.42 Å². The van der Waals surface area contributed by atoms with Crippen LogP contribution in [0.3, 0.4) is 0 Å². The van der Waals surface area contributed by atoms with E-state index >= 15 is 0 Å². The molecule has 2 aromatic rings. The van der Waals surface area contributed by atoms with Crippen LogP contribution in [0.2, 0.25) is 5.02 Å². The minimum absolute atomic E-state index is 0.167. The summed E-state index contributed by atoms with van der Waals surface area (Å²) in [6.07, 6.45) is 0. The highest BCUT2D eigenvalue weighted by molar-refractivity contribution is 7.91. The molecule has 1 aromatic heterocycles. The summed E-state index contributed by atoms with van der Waals surface area (Å²) in [5.41, 5.74) is 1.41. The molecule has 152 valence electrons. The largest absolute Gasteiger partial charge is 0.333 e. The fourth-order valence-corrected chi connectivity index (χ4v) is 4.90. The number of aryl methyl sites for hydroxylation is 1. The smallest absolute Gasteiger partial charge is 0.252 e. The molecule has 1 aromatic carbocycles. The molecule has 7 nitrogen and oxygen atoms in total. The molecule has 10 heteroatoms. The zero-order chi connectivity index (χ0) is 20.9. The Labute approximate surface area is 174 Å². The first-order valence-corrected chi connectivity index (χ1v) is 11.2. The predicted molar refractivity (Wildman–Crippen MR) is 111 cm³/mol. The van der Waals surface area contributed by atoms with Crippen LogP contribution in [0.4, 0.5) is 5.69 Å². The summed E-state index contributed by atoms with van der Waals surface area (Å²) in [6, 6.07) is 8.25. The third-order valence-corrected chi connectivity index (χ3v) is 7.47. The number of sulfonamides is 1. The fourth-order valence-electron chi connectivity index (χ4n) is 2.41. The van der Waals surface area contributed by atoms with Crippen LogP contribution >= 0.6 is 22.9 Å². The first kappa shape index (κ1) is 22.4. The Hall–Kier alpha value is -1.94. The van der Waals surface area contributed by atoms with Gasteiger partial charge in [0.25, 0.3) is 10.0 Å². The lowest BCUT2D eigenvalue weighted by Crippen LogP contribution is -2.44. The standard InChI is InChI=1S/C18H22ClN3O4S2/c1-4-22(11-16(23)20-15-10-14(19)8-7-13(15)2)17(24)12-21(3)28(25,26)18-6-5-9-27-18/h5-10H,4,11-12H2,1-3H3,(H,20,23). The van der Waals surface area contributed by atoms with Crippen LogP contribution in [0.5, 0.6) is 0 Å². The van der Waals surface area contributed by atoms with Crippen molar-refractivity contribution in [3.63, 3.8) is 0 Å². The number of nitrogens with one attached hydrogen (secondary N) is 1. The minimum atomic E-state index is -3.73. The lowest BCUT2D eigenvalue weighted by molar-refractivity contribution is -0.134. The molecule has 0 atom stereocenters. The van der Waals surface area contributed by atoms with E-state index in [1.54, 1.807) is 36.6 Å². The normalized spacial score (nSPS) is 11.5. The number of hydrogen-bond donors (Lipinski definition) is 1. The Bertz CT molecular complexity index is 946. The van der Waals surface area contributed by atoms with Gasteiger partial charge in [0.2, 0.25) is 11.8 Å². The summed E-state index contributed by atoms with van der Waals surface area (Å²) in [5.74, 6) is -0.840. The Morgan fingerprint density at radius 2 is 1.93 bits per heavy atom. The molecule has 2 rings (SSSR count). The molecule has 0 bridgehead atoms. The van der Waals surface area contributed by atoms with Crippen molar-refractivity contribution in [1.29, 1.82) is 0 Å². The van der Waals surface area contributed by atoms with Gasteiger partial charge >= 0.3 is 0 Å². The molecule has 0 radical (unpaired) electrons. The van der Waals surface area contributed by atoms with Gasteiger partial charge in [-0.3, -0.25) is 9.59 Å². The van der Waals surface area contributed by atoms with E-state index in [0.29, 0.717) is 10.7 Å². The van der Waals surface area contributed by atoms with E-state index in [2.05, 4.69) is 5.32 Å². The summed E-state index contributed by atoms with van der Waals surface area (Å²) in [5, 5.41) is 4.88. The van der Waals surface area contributed by atoms with Gasteiger partial charge in [0.1, 0.15) is 4.21 Å². The van der Waals surface area contributed by atoms with Crippen molar-refractivity contribution in [1.82, 2.24) is 9.21 Å². The summed E-state index contributed by atoms with van der Waals surface area (Å²) in [6.45, 7) is 3.29. The maximum Gasteiger partial charge on any atom is 0.252 e. The molecule has 1 heterocycles. The van der Waals surface area contributed by atoms with Crippen molar-refractivity contribution in [3.8, 4) is 0 Å². The lowest BCUT2D eigenvalue weighted by Gasteiger charge is -2.23. The summed E-state index contributed by atoms with van der Waals surface area (Å²) in [4.78, 5) is 26.2. The highest BCUT2D eigenvalue weighted by Crippen LogP contribution is 2.21. The molecule has 28 heavy (non-hydrogen) atoms. The number of amides is 2. The van der Waals surface area contributed by atoms with Crippen LogP contribution in [0.15, 0.2) is 39.9 Å². The molecular formula is C18H22ClN3O4S2. The van der Waals surface area contributed by atoms with E-state index < -0.39 is 15.9 Å². The Kier molecular flexibility index (Phi) is 7.59. The van der Waals surface area contributed by atoms with Gasteiger partial charge in [-0.05, 0) is 43.0 Å². The average Bonchev–Trinajstić information content (AvgIpc) is 3.18. The molecule has 2 amide bonds. The zero-order valence-electron chi connectivity index (χ0n) is 15.8. The van der Waals surface area contributed by atoms with Gasteiger partial charge in [0.05, 0.1) is 13.1 Å². The second-order valence-corrected chi connectivity index (χ2v) is 9.76. The van der Waals surface area contributed by atoms with Gasteiger partial charge in [-0.15, -0.1) is 11.3 Å². The summed E-state index contributed by atoms with van der Waals surface area (Å²) >= 11 is 7.03. The van der Waals surface area contributed by atoms with E-state index in [1.165, 1.54) is 18.0 Å². The van der Waals surface area contributed by atoms with Crippen molar-refractivity contribution in [2.24, 2.45) is 0 Å². The number of benzene rings is 1. The molecule has 0 saturated carbocycles. The zero-order valence-corrected chi connectivity index (χ0v) is 18.2. The second-order valence-electron chi connectivity index (χ2n) is 6.11. The molecule has 0 aliphatic heterocycles. The maximum atomic E-state index is 12.5. The monoisotopic (exact) mass is 443 g/mol. The molecule has 0 spiro atoms. The van der Waals surface area contributed by atoms with Gasteiger partial charge in [-0.1, -0.05) is 23.7 Å². The first-order valence-electron chi connectivity index (χ1n) is 8.48. The number of thiophene rings is 1. The number of halogens is 1. The van der Waals surface area contributed by atoms with E-state index in [4.69, 9.17) is 11.6 Å². The van der Waals surface area contributed by atoms with Crippen molar-refractivity contribution in [2.75, 3.05) is 32.0 Å². The Morgan fingerprint density at radius 1 is 1.21 bits per heavy atom.